The van der Waals surface area contributed by atoms with Gasteiger partial charge in [-0.05, 0) is 80.7 Å². The van der Waals surface area contributed by atoms with E-state index in [0.717, 1.165) is 55.2 Å². The van der Waals surface area contributed by atoms with E-state index in [-0.39, 0.29) is 41.9 Å². The van der Waals surface area contributed by atoms with E-state index in [4.69, 9.17) is 4.74 Å². The van der Waals surface area contributed by atoms with Crippen molar-refractivity contribution >= 4 is 41.5 Å². The number of carbonyl (C=O) groups excluding carboxylic acids is 3. The largest absolute Gasteiger partial charge is 0.480 e. The number of aromatic nitrogens is 1. The van der Waals surface area contributed by atoms with Crippen molar-refractivity contribution < 1.29 is 44.0 Å². The smallest absolute Gasteiger partial charge is 0.353 e. The summed E-state index contributed by atoms with van der Waals surface area (Å²) in [7, 11) is 1.64. The number of nitrogens with zero attached hydrogens (tertiary/aromatic N) is 1. The van der Waals surface area contributed by atoms with Crippen molar-refractivity contribution in [2.75, 3.05) is 19.5 Å². The molecule has 5 atom stereocenters. The van der Waals surface area contributed by atoms with E-state index < -0.39 is 48.0 Å². The van der Waals surface area contributed by atoms with Crippen molar-refractivity contribution in [2.24, 2.45) is 11.3 Å². The predicted octanol–water partition coefficient (Wildman–Crippen LogP) is 1.85. The van der Waals surface area contributed by atoms with Gasteiger partial charge in [0.1, 0.15) is 23.8 Å². The molecule has 3 aliphatic rings. The summed E-state index contributed by atoms with van der Waals surface area (Å²) in [5.74, 6) is -4.56. The van der Waals surface area contributed by atoms with Gasteiger partial charge in [-0.15, -0.1) is 11.8 Å². The molecule has 0 spiro atoms. The fourth-order valence-corrected chi connectivity index (χ4v) is 8.62. The number of allylic oxidation sites excluding steroid dienone is 1. The molecule has 5 unspecified atom stereocenters. The van der Waals surface area contributed by atoms with Gasteiger partial charge >= 0.3 is 17.9 Å². The summed E-state index contributed by atoms with van der Waals surface area (Å²) in [4.78, 5) is 66.7. The Morgan fingerprint density at radius 1 is 1.06 bits per heavy atom. The van der Waals surface area contributed by atoms with Crippen molar-refractivity contribution in [1.82, 2.24) is 26.3 Å². The molecule has 7 N–H and O–H groups in total. The van der Waals surface area contributed by atoms with E-state index in [1.807, 2.05) is 23.5 Å². The summed E-state index contributed by atoms with van der Waals surface area (Å²) in [6.45, 7) is 2.31. The highest BCUT2D eigenvalue weighted by Crippen LogP contribution is 2.54. The quantitative estimate of drug-likeness (QED) is 0.0624. The SMILES string of the molecule is CCC1(C(SCC(NC(=O)CCC(NCNC)C(=O)O)C(=O)NC(O)C(=O)O)C2=C3CCC(Cc4ccncc4)=CC3C(=O)O2)CCCC1. The molecule has 14 nitrogen and oxygen atoms in total. The minimum absolute atomic E-state index is 0.0151. The number of amides is 2. The molecule has 1 aromatic heterocycles. The van der Waals surface area contributed by atoms with Gasteiger partial charge in [0, 0.05) is 31.2 Å². The Bertz CT molecular complexity index is 1430. The number of rotatable bonds is 19. The van der Waals surface area contributed by atoms with Crippen LogP contribution in [0.2, 0.25) is 0 Å². The number of carboxylic acid groups (broad SMARTS) is 2. The normalized spacial score (nSPS) is 20.8. The molecule has 1 aliphatic heterocycles. The standard InChI is InChI=1S/C34H47N5O9S/c1-3-34(12-4-5-13-34)28(27-22-7-6-21(17-23(22)33(47)48-27)16-20-10-14-36-15-11-20)49-18-25(29(41)39-30(42)32(45)46)38-26(40)9-8-24(31(43)44)37-19-35-2/h10-11,14-15,17,23-25,28,30,35,37,42H,3-9,12-13,16,18-19H2,1-2H3,(H,38,40)(H,39,41)(H,43,44)(H,45,46). The van der Waals surface area contributed by atoms with E-state index >= 15 is 0 Å². The topological polar surface area (TPSA) is 216 Å². The Labute approximate surface area is 289 Å². The molecule has 1 saturated carbocycles. The van der Waals surface area contributed by atoms with Gasteiger partial charge in [-0.1, -0.05) is 31.4 Å². The van der Waals surface area contributed by atoms with Gasteiger partial charge in [0.25, 0.3) is 0 Å². The molecule has 0 saturated heterocycles. The first-order valence-corrected chi connectivity index (χ1v) is 17.8. The number of fused-ring (bicyclic) bond motifs is 1. The number of thioether (sulfide) groups is 1. The Kier molecular flexibility index (Phi) is 13.8. The zero-order chi connectivity index (χ0) is 35.6. The number of nitrogens with one attached hydrogen (secondary N) is 4. The van der Waals surface area contributed by atoms with Crippen molar-refractivity contribution in [2.45, 2.75) is 94.7 Å². The van der Waals surface area contributed by atoms with Gasteiger partial charge in [-0.3, -0.25) is 29.5 Å². The highest BCUT2D eigenvalue weighted by molar-refractivity contribution is 8.00. The number of carboxylic acids is 2. The summed E-state index contributed by atoms with van der Waals surface area (Å²) < 4.78 is 6.09. The summed E-state index contributed by atoms with van der Waals surface area (Å²) >= 11 is 1.37. The molecule has 4 rings (SSSR count). The first kappa shape index (κ1) is 38.0. The number of carbonyl (C=O) groups is 5. The molecular weight excluding hydrogens is 654 g/mol. The third-order valence-corrected chi connectivity index (χ3v) is 11.2. The van der Waals surface area contributed by atoms with Gasteiger partial charge in [-0.2, -0.15) is 0 Å². The van der Waals surface area contributed by atoms with Crippen molar-refractivity contribution in [3.05, 3.63) is 53.1 Å². The highest BCUT2D eigenvalue weighted by Gasteiger charge is 2.49. The summed E-state index contributed by atoms with van der Waals surface area (Å²) in [6, 6.07) is 1.62. The maximum absolute atomic E-state index is 13.4. The monoisotopic (exact) mass is 701 g/mol. The fraction of sp³-hybridized carbons (Fsp3) is 0.588. The number of aliphatic carboxylic acids is 2. The van der Waals surface area contributed by atoms with Crippen LogP contribution in [0.1, 0.15) is 70.3 Å². The third-order valence-electron chi connectivity index (χ3n) is 9.63. The van der Waals surface area contributed by atoms with Gasteiger partial charge < -0.3 is 36.0 Å². The van der Waals surface area contributed by atoms with Crippen molar-refractivity contribution in [3.8, 4) is 0 Å². The van der Waals surface area contributed by atoms with Crippen LogP contribution in [-0.2, 0) is 35.1 Å². The average molecular weight is 702 g/mol. The maximum Gasteiger partial charge on any atom is 0.353 e. The molecule has 0 radical (unpaired) electrons. The number of aliphatic hydroxyl groups is 1. The number of ether oxygens (including phenoxy) is 1. The van der Waals surface area contributed by atoms with Gasteiger partial charge in [0.15, 0.2) is 0 Å². The molecule has 0 bridgehead atoms. The number of aliphatic hydroxyl groups excluding tert-OH is 1. The Hall–Kier alpha value is -3.79. The van der Waals surface area contributed by atoms with Crippen LogP contribution in [0.25, 0.3) is 0 Å². The van der Waals surface area contributed by atoms with E-state index in [9.17, 15) is 39.3 Å². The van der Waals surface area contributed by atoms with Gasteiger partial charge in [0.2, 0.25) is 18.0 Å². The number of esters is 1. The van der Waals surface area contributed by atoms with Crippen LogP contribution in [0.5, 0.6) is 0 Å². The number of hydrogen-bond donors (Lipinski definition) is 7. The molecule has 1 fully saturated rings. The first-order chi connectivity index (χ1) is 23.5. The van der Waals surface area contributed by atoms with Crippen LogP contribution < -0.4 is 21.3 Å². The Morgan fingerprint density at radius 2 is 1.78 bits per heavy atom. The second kappa shape index (κ2) is 17.7. The van der Waals surface area contributed by atoms with Crippen LogP contribution in [0.3, 0.4) is 0 Å². The van der Waals surface area contributed by atoms with Gasteiger partial charge in [-0.25, -0.2) is 4.79 Å². The summed E-state index contributed by atoms with van der Waals surface area (Å²) in [5.41, 5.74) is 2.95. The third kappa shape index (κ3) is 9.90. The molecule has 49 heavy (non-hydrogen) atoms. The molecular formula is C34H47N5O9S. The number of cyclic esters (lactones) is 1. The number of pyridine rings is 1. The van der Waals surface area contributed by atoms with Crippen molar-refractivity contribution in [1.29, 1.82) is 0 Å². The molecule has 15 heteroatoms. The van der Waals surface area contributed by atoms with Crippen LogP contribution in [0.4, 0.5) is 0 Å². The van der Waals surface area contributed by atoms with Crippen LogP contribution in [-0.4, -0.2) is 93.1 Å². The number of hydrogen-bond acceptors (Lipinski definition) is 11. The van der Waals surface area contributed by atoms with Gasteiger partial charge in [0.05, 0.1) is 5.25 Å². The molecule has 2 heterocycles. The minimum Gasteiger partial charge on any atom is -0.480 e. The van der Waals surface area contributed by atoms with E-state index in [1.165, 1.54) is 11.8 Å². The predicted molar refractivity (Wildman–Crippen MR) is 181 cm³/mol. The lowest BCUT2D eigenvalue weighted by Crippen LogP contribution is -2.53. The van der Waals surface area contributed by atoms with Crippen LogP contribution >= 0.6 is 11.8 Å². The van der Waals surface area contributed by atoms with E-state index in [0.29, 0.717) is 18.6 Å². The fourth-order valence-electron chi connectivity index (χ4n) is 6.89. The highest BCUT2D eigenvalue weighted by atomic mass is 32.2. The molecule has 0 aromatic carbocycles. The molecule has 2 aliphatic carbocycles. The molecule has 268 valence electrons. The lowest BCUT2D eigenvalue weighted by atomic mass is 9.76. The zero-order valence-corrected chi connectivity index (χ0v) is 28.7. The molecule has 1 aromatic rings. The van der Waals surface area contributed by atoms with Crippen molar-refractivity contribution in [3.63, 3.8) is 0 Å². The molecule has 2 amide bonds. The van der Waals surface area contributed by atoms with Crippen LogP contribution in [0.15, 0.2) is 47.5 Å². The minimum atomic E-state index is -2.19. The zero-order valence-electron chi connectivity index (χ0n) is 27.9. The first-order valence-electron chi connectivity index (χ1n) is 16.7. The Balaban J connectivity index is 1.57. The lowest BCUT2D eigenvalue weighted by Gasteiger charge is -2.38. The van der Waals surface area contributed by atoms with Crippen LogP contribution in [0, 0.1) is 11.3 Å². The van der Waals surface area contributed by atoms with E-state index in [2.05, 4.69) is 27.9 Å². The lowest BCUT2D eigenvalue weighted by molar-refractivity contribution is -0.151. The summed E-state index contributed by atoms with van der Waals surface area (Å²) in [6.07, 6.45) is 9.71. The second-order valence-electron chi connectivity index (χ2n) is 12.8. The maximum atomic E-state index is 13.4. The average Bonchev–Trinajstić information content (AvgIpc) is 3.69. The Morgan fingerprint density at radius 3 is 2.41 bits per heavy atom. The van der Waals surface area contributed by atoms with E-state index in [1.54, 1.807) is 19.4 Å². The summed E-state index contributed by atoms with van der Waals surface area (Å²) in [5, 5.41) is 38.4. The second-order valence-corrected chi connectivity index (χ2v) is 14.0.